The predicted molar refractivity (Wildman–Crippen MR) is 86.1 cm³/mol. The van der Waals surface area contributed by atoms with Crippen LogP contribution in [0.25, 0.3) is 11.1 Å². The Labute approximate surface area is 140 Å². The van der Waals surface area contributed by atoms with E-state index in [1.54, 1.807) is 12.1 Å². The fourth-order valence-electron chi connectivity index (χ4n) is 2.40. The van der Waals surface area contributed by atoms with Gasteiger partial charge in [0.2, 0.25) is 0 Å². The number of rotatable bonds is 4. The van der Waals surface area contributed by atoms with Gasteiger partial charge in [-0.15, -0.1) is 0 Å². The summed E-state index contributed by atoms with van der Waals surface area (Å²) in [6.07, 6.45) is 0. The Hall–Kier alpha value is -4.05. The predicted octanol–water partition coefficient (Wildman–Crippen LogP) is 1.29. The van der Waals surface area contributed by atoms with E-state index in [9.17, 15) is 25.4 Å². The molecule has 2 aromatic rings. The summed E-state index contributed by atoms with van der Waals surface area (Å²) >= 11 is 0. The monoisotopic (exact) mass is 341 g/mol. The van der Waals surface area contributed by atoms with Crippen LogP contribution in [0.5, 0.6) is 11.5 Å². The van der Waals surface area contributed by atoms with Crippen molar-refractivity contribution in [2.75, 3.05) is 20.0 Å². The lowest BCUT2D eigenvalue weighted by Gasteiger charge is -2.15. The Morgan fingerprint density at radius 3 is 2.28 bits per heavy atom. The average Bonchev–Trinajstić information content (AvgIpc) is 2.59. The Morgan fingerprint density at radius 1 is 1.16 bits per heavy atom. The largest absolute Gasteiger partial charge is 0.493 e. The van der Waals surface area contributed by atoms with E-state index in [-0.39, 0.29) is 34.0 Å². The Bertz CT molecular complexity index is 1010. The molecule has 0 aliphatic heterocycles. The quantitative estimate of drug-likeness (QED) is 0.619. The van der Waals surface area contributed by atoms with Gasteiger partial charge >= 0.3 is 0 Å². The van der Waals surface area contributed by atoms with Crippen LogP contribution in [0.4, 0.5) is 11.5 Å². The zero-order chi connectivity index (χ0) is 18.7. The summed E-state index contributed by atoms with van der Waals surface area (Å²) in [5.74, 6) is -0.301. The van der Waals surface area contributed by atoms with Gasteiger partial charge in [-0.25, -0.2) is 0 Å². The van der Waals surface area contributed by atoms with Gasteiger partial charge < -0.3 is 20.2 Å². The van der Waals surface area contributed by atoms with Crippen LogP contribution in [-0.2, 0) is 0 Å². The minimum absolute atomic E-state index is 0.102. The van der Waals surface area contributed by atoms with Crippen LogP contribution < -0.4 is 20.8 Å². The van der Waals surface area contributed by atoms with E-state index in [0.29, 0.717) is 0 Å². The number of nitrogens with one attached hydrogen (secondary N) is 1. The maximum atomic E-state index is 12.1. The average molecular weight is 341 g/mol. The lowest BCUT2D eigenvalue weighted by atomic mass is 9.94. The number of nitrogens with two attached hydrogens (primary N) is 1. The normalized spacial score (nSPS) is 9.76. The van der Waals surface area contributed by atoms with Crippen LogP contribution in [0.2, 0.25) is 0 Å². The molecule has 3 N–H and O–H groups in total. The number of aromatic nitrogens is 1. The molecule has 0 aliphatic carbocycles. The molecule has 0 amide bonds. The third-order valence-electron chi connectivity index (χ3n) is 3.44. The van der Waals surface area contributed by atoms with Gasteiger partial charge in [-0.2, -0.15) is 10.5 Å². The van der Waals surface area contributed by atoms with Crippen LogP contribution in [-0.4, -0.2) is 24.1 Å². The van der Waals surface area contributed by atoms with Gasteiger partial charge in [0.1, 0.15) is 34.6 Å². The molecule has 0 saturated carbocycles. The van der Waals surface area contributed by atoms with E-state index in [2.05, 4.69) is 4.98 Å². The number of nitro benzene ring substituents is 1. The number of H-pyrrole nitrogens is 1. The SMILES string of the molecule is COc1ccc([N+](=O)[O-])c(-c2c(C#N)c(N)[nH]c(=O)c2C#N)c1OC. The maximum absolute atomic E-state index is 12.1. The van der Waals surface area contributed by atoms with Crippen LogP contribution in [0.3, 0.4) is 0 Å². The van der Waals surface area contributed by atoms with Crippen LogP contribution in [0, 0.1) is 32.8 Å². The highest BCUT2D eigenvalue weighted by molar-refractivity contribution is 5.90. The van der Waals surface area contributed by atoms with Crippen LogP contribution >= 0.6 is 0 Å². The fraction of sp³-hybridized carbons (Fsp3) is 0.133. The summed E-state index contributed by atoms with van der Waals surface area (Å²) in [6.45, 7) is 0. The van der Waals surface area contributed by atoms with E-state index in [0.717, 1.165) is 6.07 Å². The number of hydrogen-bond donors (Lipinski definition) is 2. The smallest absolute Gasteiger partial charge is 0.281 e. The number of pyridine rings is 1. The number of hydrogen-bond acceptors (Lipinski definition) is 8. The molecule has 0 spiro atoms. The van der Waals surface area contributed by atoms with Gasteiger partial charge in [-0.1, -0.05) is 0 Å². The van der Waals surface area contributed by atoms with Crippen molar-refractivity contribution in [3.63, 3.8) is 0 Å². The topological polar surface area (TPSA) is 168 Å². The van der Waals surface area contributed by atoms with E-state index in [1.807, 2.05) is 0 Å². The Morgan fingerprint density at radius 2 is 1.80 bits per heavy atom. The fourth-order valence-corrected chi connectivity index (χ4v) is 2.40. The molecular formula is C15H11N5O5. The van der Waals surface area contributed by atoms with Crippen LogP contribution in [0.1, 0.15) is 11.1 Å². The van der Waals surface area contributed by atoms with E-state index in [4.69, 9.17) is 15.2 Å². The highest BCUT2D eigenvalue weighted by Crippen LogP contribution is 2.46. The molecule has 0 bridgehead atoms. The lowest BCUT2D eigenvalue weighted by Crippen LogP contribution is -2.17. The van der Waals surface area contributed by atoms with Gasteiger partial charge in [0, 0.05) is 11.6 Å². The first-order valence-corrected chi connectivity index (χ1v) is 6.66. The number of nitro groups is 1. The summed E-state index contributed by atoms with van der Waals surface area (Å²) in [6, 6.07) is 5.83. The highest BCUT2D eigenvalue weighted by Gasteiger charge is 2.30. The number of anilines is 1. The van der Waals surface area contributed by atoms with Gasteiger partial charge in [0.25, 0.3) is 11.2 Å². The molecular weight excluding hydrogens is 330 g/mol. The summed E-state index contributed by atoms with van der Waals surface area (Å²) in [7, 11) is 2.55. The van der Waals surface area contributed by atoms with E-state index < -0.39 is 21.7 Å². The zero-order valence-corrected chi connectivity index (χ0v) is 13.1. The number of nitriles is 2. The van der Waals surface area contributed by atoms with Crippen molar-refractivity contribution in [3.8, 4) is 34.8 Å². The van der Waals surface area contributed by atoms with Crippen molar-refractivity contribution < 1.29 is 14.4 Å². The molecule has 0 fully saturated rings. The van der Waals surface area contributed by atoms with E-state index >= 15 is 0 Å². The second-order valence-corrected chi connectivity index (χ2v) is 4.67. The van der Waals surface area contributed by atoms with Gasteiger partial charge in [0.05, 0.1) is 19.1 Å². The summed E-state index contributed by atoms with van der Waals surface area (Å²) in [4.78, 5) is 25.0. The van der Waals surface area contributed by atoms with Crippen LogP contribution in [0.15, 0.2) is 16.9 Å². The van der Waals surface area contributed by atoms with Crippen molar-refractivity contribution in [2.45, 2.75) is 0 Å². The molecule has 0 atom stereocenters. The molecule has 126 valence electrons. The number of benzene rings is 1. The molecule has 0 unspecified atom stereocenters. The molecule has 0 radical (unpaired) electrons. The van der Waals surface area contributed by atoms with Gasteiger partial charge in [0.15, 0.2) is 11.5 Å². The van der Waals surface area contributed by atoms with Gasteiger partial charge in [-0.3, -0.25) is 14.9 Å². The number of ether oxygens (including phenoxy) is 2. The summed E-state index contributed by atoms with van der Waals surface area (Å²) < 4.78 is 10.3. The molecule has 1 aromatic heterocycles. The minimum Gasteiger partial charge on any atom is -0.493 e. The first kappa shape index (κ1) is 17.3. The van der Waals surface area contributed by atoms with E-state index in [1.165, 1.54) is 20.3 Å². The molecule has 1 heterocycles. The third kappa shape index (κ3) is 2.68. The highest BCUT2D eigenvalue weighted by atomic mass is 16.6. The number of nitrogens with zero attached hydrogens (tertiary/aromatic N) is 3. The molecule has 25 heavy (non-hydrogen) atoms. The Kier molecular flexibility index (Phi) is 4.57. The first-order chi connectivity index (χ1) is 11.9. The molecule has 1 aromatic carbocycles. The molecule has 0 aliphatic rings. The lowest BCUT2D eigenvalue weighted by molar-refractivity contribution is -0.384. The number of nitrogen functional groups attached to an aromatic ring is 1. The van der Waals surface area contributed by atoms with Crippen molar-refractivity contribution >= 4 is 11.5 Å². The first-order valence-electron chi connectivity index (χ1n) is 6.66. The van der Waals surface area contributed by atoms with Crippen molar-refractivity contribution in [1.82, 2.24) is 4.98 Å². The molecule has 10 heteroatoms. The second kappa shape index (κ2) is 6.60. The number of methoxy groups -OCH3 is 2. The number of aromatic amines is 1. The molecule has 10 nitrogen and oxygen atoms in total. The van der Waals surface area contributed by atoms with Crippen molar-refractivity contribution in [2.24, 2.45) is 0 Å². The maximum Gasteiger partial charge on any atom is 0.281 e. The zero-order valence-electron chi connectivity index (χ0n) is 13.1. The molecule has 0 saturated heterocycles. The summed E-state index contributed by atoms with van der Waals surface area (Å²) in [5.41, 5.74) is 2.99. The second-order valence-electron chi connectivity index (χ2n) is 4.67. The van der Waals surface area contributed by atoms with Crippen molar-refractivity contribution in [1.29, 1.82) is 10.5 Å². The minimum atomic E-state index is -0.881. The standard InChI is InChI=1S/C15H11N5O5/c1-24-10-4-3-9(20(22)23)12(13(10)25-2)11-7(5-16)14(18)19-15(21)8(11)6-17/h3-4H,1-2H3,(H3,18,19,21). The molecule has 2 rings (SSSR count). The third-order valence-corrected chi connectivity index (χ3v) is 3.44. The van der Waals surface area contributed by atoms with Crippen molar-refractivity contribution in [3.05, 3.63) is 43.7 Å². The van der Waals surface area contributed by atoms with Gasteiger partial charge in [-0.05, 0) is 6.07 Å². The Balaban J connectivity index is 3.17. The summed E-state index contributed by atoms with van der Waals surface area (Å²) in [5, 5.41) is 30.2.